The fourth-order valence-corrected chi connectivity index (χ4v) is 5.48. The van der Waals surface area contributed by atoms with Crippen molar-refractivity contribution in [1.82, 2.24) is 25.1 Å². The first-order valence-electron chi connectivity index (χ1n) is 13.1. The minimum Gasteiger partial charge on any atom is -0.508 e. The van der Waals surface area contributed by atoms with Gasteiger partial charge in [0, 0.05) is 26.6 Å². The molecule has 5 rings (SSSR count). The number of nitrogens with zero attached hydrogens (tertiary/aromatic N) is 4. The SMILES string of the molecule is C/C=C\CNC(=O)N1[C@H]2CN(Cc3cccc4ccccc34)C(=O)[C@H](Cc3ccc(O)cc3)N2C(=O)CN1C. The maximum atomic E-state index is 14.0. The number of phenolic OH excluding ortho intramolecular Hbond substituents is 1. The van der Waals surface area contributed by atoms with Crippen molar-refractivity contribution in [3.8, 4) is 5.75 Å². The van der Waals surface area contributed by atoms with Crippen molar-refractivity contribution in [2.45, 2.75) is 32.1 Å². The number of carbonyl (C=O) groups excluding carboxylic acids is 3. The number of aromatic hydroxyl groups is 1. The molecule has 2 N–H and O–H groups in total. The van der Waals surface area contributed by atoms with Crippen LogP contribution in [0.2, 0.25) is 0 Å². The van der Waals surface area contributed by atoms with Crippen LogP contribution in [0.5, 0.6) is 5.75 Å². The molecule has 39 heavy (non-hydrogen) atoms. The highest BCUT2D eigenvalue weighted by molar-refractivity contribution is 5.92. The number of rotatable bonds is 6. The van der Waals surface area contributed by atoms with E-state index in [-0.39, 0.29) is 43.1 Å². The van der Waals surface area contributed by atoms with E-state index >= 15 is 0 Å². The first-order chi connectivity index (χ1) is 18.9. The van der Waals surface area contributed by atoms with Gasteiger partial charge >= 0.3 is 6.03 Å². The van der Waals surface area contributed by atoms with E-state index in [4.69, 9.17) is 0 Å². The molecule has 202 valence electrons. The quantitative estimate of drug-likeness (QED) is 0.481. The predicted octanol–water partition coefficient (Wildman–Crippen LogP) is 3.10. The third-order valence-corrected chi connectivity index (χ3v) is 7.36. The minimum atomic E-state index is -0.796. The van der Waals surface area contributed by atoms with E-state index in [0.717, 1.165) is 21.9 Å². The van der Waals surface area contributed by atoms with Crippen molar-refractivity contribution < 1.29 is 19.5 Å². The summed E-state index contributed by atoms with van der Waals surface area (Å²) in [6, 6.07) is 19.6. The Bertz CT molecular complexity index is 1400. The van der Waals surface area contributed by atoms with Crippen molar-refractivity contribution in [1.29, 1.82) is 0 Å². The average Bonchev–Trinajstić information content (AvgIpc) is 2.92. The molecule has 2 aliphatic rings. The summed E-state index contributed by atoms with van der Waals surface area (Å²) < 4.78 is 0. The average molecular weight is 528 g/mol. The van der Waals surface area contributed by atoms with E-state index in [0.29, 0.717) is 13.1 Å². The summed E-state index contributed by atoms with van der Waals surface area (Å²) >= 11 is 0. The lowest BCUT2D eigenvalue weighted by molar-refractivity contribution is -0.187. The van der Waals surface area contributed by atoms with Gasteiger partial charge in [0.1, 0.15) is 18.0 Å². The third kappa shape index (κ3) is 5.31. The van der Waals surface area contributed by atoms with Gasteiger partial charge in [-0.15, -0.1) is 0 Å². The van der Waals surface area contributed by atoms with Crippen molar-refractivity contribution in [2.75, 3.05) is 26.7 Å². The summed E-state index contributed by atoms with van der Waals surface area (Å²) in [4.78, 5) is 44.1. The number of piperazine rings is 1. The van der Waals surface area contributed by atoms with Gasteiger partial charge in [-0.3, -0.25) is 9.59 Å². The Kier molecular flexibility index (Phi) is 7.51. The van der Waals surface area contributed by atoms with Crippen LogP contribution in [0, 0.1) is 0 Å². The molecule has 0 aliphatic carbocycles. The minimum absolute atomic E-state index is 0.0176. The number of likely N-dealkylation sites (N-methyl/N-ethyl adjacent to an activating group) is 1. The number of urea groups is 1. The van der Waals surface area contributed by atoms with Crippen molar-refractivity contribution in [3.63, 3.8) is 0 Å². The van der Waals surface area contributed by atoms with Crippen LogP contribution in [0.4, 0.5) is 4.79 Å². The zero-order valence-corrected chi connectivity index (χ0v) is 22.2. The molecule has 0 spiro atoms. The summed E-state index contributed by atoms with van der Waals surface area (Å²) in [6.45, 7) is 2.75. The predicted molar refractivity (Wildman–Crippen MR) is 148 cm³/mol. The number of amides is 4. The maximum absolute atomic E-state index is 14.0. The molecule has 0 saturated carbocycles. The number of nitrogens with one attached hydrogen (secondary N) is 1. The topological polar surface area (TPSA) is 96.4 Å². The molecule has 2 atom stereocenters. The summed E-state index contributed by atoms with van der Waals surface area (Å²) in [5.41, 5.74) is 1.81. The van der Waals surface area contributed by atoms with Crippen LogP contribution in [-0.4, -0.2) is 81.7 Å². The molecule has 0 radical (unpaired) electrons. The summed E-state index contributed by atoms with van der Waals surface area (Å²) in [5, 5.41) is 18.0. The van der Waals surface area contributed by atoms with E-state index < -0.39 is 12.2 Å². The van der Waals surface area contributed by atoms with E-state index in [2.05, 4.69) is 5.32 Å². The number of carbonyl (C=O) groups is 3. The molecule has 4 amide bonds. The number of fused-ring (bicyclic) bond motifs is 2. The standard InChI is InChI=1S/C30H33N5O4/c1-3-4-16-31-30(39)35-27-19-33(18-23-10-7-9-22-8-5-6-11-25(22)23)29(38)26(34(27)28(37)20-32(35)2)17-21-12-14-24(36)15-13-21/h3-15,26-27,36H,16-20H2,1-2H3,(H,31,39)/b4-3-/t26-,27-/m0/s1. The second kappa shape index (κ2) is 11.2. The highest BCUT2D eigenvalue weighted by Gasteiger charge is 2.50. The molecule has 2 heterocycles. The van der Waals surface area contributed by atoms with Gasteiger partial charge in [-0.1, -0.05) is 66.7 Å². The Morgan fingerprint density at radius 3 is 2.56 bits per heavy atom. The molecule has 3 aromatic rings. The van der Waals surface area contributed by atoms with Gasteiger partial charge in [0.2, 0.25) is 11.8 Å². The van der Waals surface area contributed by atoms with Gasteiger partial charge in [0.05, 0.1) is 13.1 Å². The Labute approximate surface area is 227 Å². The number of allylic oxidation sites excluding steroid dienone is 1. The maximum Gasteiger partial charge on any atom is 0.334 e. The Balaban J connectivity index is 1.52. The number of hydrazine groups is 1. The monoisotopic (exact) mass is 527 g/mol. The highest BCUT2D eigenvalue weighted by Crippen LogP contribution is 2.30. The van der Waals surface area contributed by atoms with Crippen LogP contribution in [0.1, 0.15) is 18.1 Å². The number of benzene rings is 3. The van der Waals surface area contributed by atoms with Gasteiger partial charge in [-0.2, -0.15) is 0 Å². The first-order valence-corrected chi connectivity index (χ1v) is 13.1. The second-order valence-corrected chi connectivity index (χ2v) is 9.94. The van der Waals surface area contributed by atoms with Gasteiger partial charge in [-0.25, -0.2) is 14.8 Å². The fraction of sp³-hybridized carbons (Fsp3) is 0.300. The molecular formula is C30H33N5O4. The molecule has 0 unspecified atom stereocenters. The van der Waals surface area contributed by atoms with Crippen LogP contribution >= 0.6 is 0 Å². The molecular weight excluding hydrogens is 494 g/mol. The molecule has 2 fully saturated rings. The van der Waals surface area contributed by atoms with Crippen LogP contribution in [0.3, 0.4) is 0 Å². The number of hydrogen-bond donors (Lipinski definition) is 2. The molecule has 3 aromatic carbocycles. The number of hydrogen-bond acceptors (Lipinski definition) is 5. The highest BCUT2D eigenvalue weighted by atomic mass is 16.3. The molecule has 0 aromatic heterocycles. The summed E-state index contributed by atoms with van der Waals surface area (Å²) in [5.74, 6) is -0.245. The van der Waals surface area contributed by atoms with Crippen LogP contribution in [0.25, 0.3) is 10.8 Å². The van der Waals surface area contributed by atoms with E-state index in [9.17, 15) is 19.5 Å². The van der Waals surface area contributed by atoms with Crippen molar-refractivity contribution in [2.24, 2.45) is 0 Å². The smallest absolute Gasteiger partial charge is 0.334 e. The van der Waals surface area contributed by atoms with Gasteiger partial charge < -0.3 is 20.2 Å². The fourth-order valence-electron chi connectivity index (χ4n) is 5.48. The normalized spacial score (nSPS) is 20.1. The Morgan fingerprint density at radius 2 is 1.79 bits per heavy atom. The largest absolute Gasteiger partial charge is 0.508 e. The second-order valence-electron chi connectivity index (χ2n) is 9.94. The molecule has 0 bridgehead atoms. The van der Waals surface area contributed by atoms with Gasteiger partial charge in [-0.05, 0) is 41.0 Å². The summed E-state index contributed by atoms with van der Waals surface area (Å²) in [6.07, 6.45) is 3.30. The Hall–Kier alpha value is -4.37. The number of phenols is 1. The third-order valence-electron chi connectivity index (χ3n) is 7.36. The Morgan fingerprint density at radius 1 is 1.05 bits per heavy atom. The molecule has 9 nitrogen and oxygen atoms in total. The van der Waals surface area contributed by atoms with E-state index in [1.807, 2.05) is 61.5 Å². The van der Waals surface area contributed by atoms with E-state index in [1.165, 1.54) is 0 Å². The molecule has 9 heteroatoms. The zero-order chi connectivity index (χ0) is 27.5. The first kappa shape index (κ1) is 26.2. The lowest BCUT2D eigenvalue weighted by atomic mass is 9.97. The summed E-state index contributed by atoms with van der Waals surface area (Å²) in [7, 11) is 1.71. The van der Waals surface area contributed by atoms with Crippen molar-refractivity contribution >= 4 is 28.6 Å². The zero-order valence-electron chi connectivity index (χ0n) is 22.2. The van der Waals surface area contributed by atoms with Crippen molar-refractivity contribution in [3.05, 3.63) is 90.0 Å². The lowest BCUT2D eigenvalue weighted by Crippen LogP contribution is -2.76. The van der Waals surface area contributed by atoms with Crippen LogP contribution < -0.4 is 5.32 Å². The van der Waals surface area contributed by atoms with Crippen LogP contribution in [-0.2, 0) is 22.6 Å². The van der Waals surface area contributed by atoms with Gasteiger partial charge in [0.15, 0.2) is 0 Å². The van der Waals surface area contributed by atoms with Gasteiger partial charge in [0.25, 0.3) is 0 Å². The van der Waals surface area contributed by atoms with Crippen LogP contribution in [0.15, 0.2) is 78.9 Å². The lowest BCUT2D eigenvalue weighted by Gasteiger charge is -2.54. The molecule has 2 saturated heterocycles. The van der Waals surface area contributed by atoms with E-state index in [1.54, 1.807) is 51.1 Å². The molecule has 2 aliphatic heterocycles.